The van der Waals surface area contributed by atoms with Crippen LogP contribution in [0.4, 0.5) is 0 Å². The van der Waals surface area contributed by atoms with Crippen molar-refractivity contribution < 1.29 is 9.32 Å². The Hall–Kier alpha value is -1.26. The number of rotatable bonds is 2. The van der Waals surface area contributed by atoms with Gasteiger partial charge in [-0.1, -0.05) is 16.8 Å². The average Bonchev–Trinajstić information content (AvgIpc) is 2.49. The van der Waals surface area contributed by atoms with E-state index in [1.807, 2.05) is 24.3 Å². The normalized spacial score (nSPS) is 25.2. The number of likely N-dealkylation sites (tertiary alicyclic amines) is 1. The van der Waals surface area contributed by atoms with Crippen LogP contribution >= 0.6 is 11.6 Å². The molecule has 0 saturated carbocycles. The summed E-state index contributed by atoms with van der Waals surface area (Å²) in [5, 5.41) is 5.02. The molecule has 2 aliphatic rings. The number of benzene rings is 1. The summed E-state index contributed by atoms with van der Waals surface area (Å²) in [6.07, 6.45) is 4.28. The molecular weight excluding hydrogens is 286 g/mol. The highest BCUT2D eigenvalue weighted by molar-refractivity contribution is 6.30. The smallest absolute Gasteiger partial charge is 0.203 e. The van der Waals surface area contributed by atoms with Gasteiger partial charge in [-0.15, -0.1) is 0 Å². The standard InChI is InChI=1S/C16H23ClN3O/c1-19-15(20(2)10-4-3-5-11-20)12-21-18-16(19)13-6-8-14(17)9-7-13/h6-9,15H,3-5,10-12H2,1-2H3/q+1. The van der Waals surface area contributed by atoms with E-state index in [4.69, 9.17) is 16.4 Å². The lowest BCUT2D eigenvalue weighted by Gasteiger charge is -2.48. The predicted octanol–water partition coefficient (Wildman–Crippen LogP) is 2.92. The third-order valence-corrected chi connectivity index (χ3v) is 5.07. The molecule has 1 unspecified atom stereocenters. The van der Waals surface area contributed by atoms with Crippen LogP contribution in [0, 0.1) is 0 Å². The summed E-state index contributed by atoms with van der Waals surface area (Å²) >= 11 is 5.97. The van der Waals surface area contributed by atoms with Crippen LogP contribution in [0.2, 0.25) is 5.02 Å². The Bertz CT molecular complexity index is 523. The first kappa shape index (κ1) is 14.7. The second kappa shape index (κ2) is 5.85. The van der Waals surface area contributed by atoms with Gasteiger partial charge in [-0.3, -0.25) is 0 Å². The number of hydrogen-bond acceptors (Lipinski definition) is 3. The number of hydrogen-bond donors (Lipinski definition) is 0. The zero-order valence-electron chi connectivity index (χ0n) is 12.8. The van der Waals surface area contributed by atoms with Gasteiger partial charge in [-0.05, 0) is 43.5 Å². The third kappa shape index (κ3) is 2.87. The molecule has 2 heterocycles. The maximum atomic E-state index is 5.97. The third-order valence-electron chi connectivity index (χ3n) is 4.82. The van der Waals surface area contributed by atoms with Crippen molar-refractivity contribution in [3.8, 4) is 0 Å². The first-order chi connectivity index (χ1) is 10.1. The number of likely N-dealkylation sites (N-methyl/N-ethyl adjacent to an activating group) is 2. The molecule has 21 heavy (non-hydrogen) atoms. The maximum absolute atomic E-state index is 5.97. The number of amidine groups is 1. The van der Waals surface area contributed by atoms with E-state index in [0.29, 0.717) is 12.8 Å². The molecule has 114 valence electrons. The molecule has 1 aromatic carbocycles. The molecule has 0 radical (unpaired) electrons. The second-order valence-electron chi connectivity index (χ2n) is 6.30. The Morgan fingerprint density at radius 2 is 1.86 bits per heavy atom. The van der Waals surface area contributed by atoms with Gasteiger partial charge >= 0.3 is 0 Å². The van der Waals surface area contributed by atoms with Crippen LogP contribution in [0.5, 0.6) is 0 Å². The molecule has 0 aliphatic carbocycles. The van der Waals surface area contributed by atoms with E-state index in [1.54, 1.807) is 0 Å². The highest BCUT2D eigenvalue weighted by Crippen LogP contribution is 2.26. The number of oxime groups is 1. The molecule has 1 fully saturated rings. The number of quaternary nitrogens is 1. The Labute approximate surface area is 131 Å². The van der Waals surface area contributed by atoms with Crippen molar-refractivity contribution in [2.24, 2.45) is 5.16 Å². The minimum Gasteiger partial charge on any atom is -0.385 e. The lowest BCUT2D eigenvalue weighted by Crippen LogP contribution is -2.65. The molecule has 1 aromatic rings. The molecule has 0 spiro atoms. The monoisotopic (exact) mass is 308 g/mol. The van der Waals surface area contributed by atoms with Crippen molar-refractivity contribution >= 4 is 17.4 Å². The van der Waals surface area contributed by atoms with Crippen molar-refractivity contribution in [1.29, 1.82) is 0 Å². The van der Waals surface area contributed by atoms with Gasteiger partial charge in [-0.2, -0.15) is 0 Å². The van der Waals surface area contributed by atoms with Crippen LogP contribution in [-0.2, 0) is 4.84 Å². The topological polar surface area (TPSA) is 24.8 Å². The molecule has 4 nitrogen and oxygen atoms in total. The van der Waals surface area contributed by atoms with Crippen LogP contribution in [0.1, 0.15) is 24.8 Å². The van der Waals surface area contributed by atoms with Gasteiger partial charge in [0.15, 0.2) is 12.4 Å². The Kier molecular flexibility index (Phi) is 4.09. The SMILES string of the molecule is CN1C(c2ccc(Cl)cc2)=NOCC1[N+]1(C)CCCCC1. The number of halogens is 1. The highest BCUT2D eigenvalue weighted by atomic mass is 35.5. The summed E-state index contributed by atoms with van der Waals surface area (Å²) in [5.74, 6) is 0.896. The molecule has 3 rings (SSSR count). The van der Waals surface area contributed by atoms with Crippen molar-refractivity contribution in [2.45, 2.75) is 25.4 Å². The largest absolute Gasteiger partial charge is 0.385 e. The van der Waals surface area contributed by atoms with Gasteiger partial charge in [0.1, 0.15) is 0 Å². The van der Waals surface area contributed by atoms with E-state index in [2.05, 4.69) is 24.2 Å². The Morgan fingerprint density at radius 1 is 1.19 bits per heavy atom. The van der Waals surface area contributed by atoms with E-state index in [9.17, 15) is 0 Å². The van der Waals surface area contributed by atoms with Gasteiger partial charge in [-0.25, -0.2) is 0 Å². The van der Waals surface area contributed by atoms with Crippen molar-refractivity contribution in [1.82, 2.24) is 4.90 Å². The Morgan fingerprint density at radius 3 is 2.52 bits per heavy atom. The lowest BCUT2D eigenvalue weighted by molar-refractivity contribution is -0.947. The molecule has 0 bridgehead atoms. The zero-order valence-corrected chi connectivity index (χ0v) is 13.5. The van der Waals surface area contributed by atoms with E-state index in [0.717, 1.165) is 20.9 Å². The first-order valence-corrected chi connectivity index (χ1v) is 8.01. The van der Waals surface area contributed by atoms with Crippen LogP contribution in [-0.4, -0.2) is 55.2 Å². The maximum Gasteiger partial charge on any atom is 0.203 e. The number of piperidine rings is 1. The summed E-state index contributed by atoms with van der Waals surface area (Å²) in [6, 6.07) is 7.79. The molecule has 0 aromatic heterocycles. The lowest BCUT2D eigenvalue weighted by atomic mass is 10.1. The van der Waals surface area contributed by atoms with Gasteiger partial charge in [0.2, 0.25) is 6.17 Å². The van der Waals surface area contributed by atoms with Gasteiger partial charge in [0, 0.05) is 17.6 Å². The van der Waals surface area contributed by atoms with Crippen LogP contribution in [0.25, 0.3) is 0 Å². The summed E-state index contributed by atoms with van der Waals surface area (Å²) in [4.78, 5) is 7.84. The van der Waals surface area contributed by atoms with Crippen LogP contribution < -0.4 is 0 Å². The predicted molar refractivity (Wildman–Crippen MR) is 85.3 cm³/mol. The second-order valence-corrected chi connectivity index (χ2v) is 6.73. The molecule has 2 aliphatic heterocycles. The molecular formula is C16H23ClN3O+. The zero-order chi connectivity index (χ0) is 14.9. The van der Waals surface area contributed by atoms with E-state index in [-0.39, 0.29) is 0 Å². The van der Waals surface area contributed by atoms with Gasteiger partial charge in [0.05, 0.1) is 20.1 Å². The molecule has 1 saturated heterocycles. The summed E-state index contributed by atoms with van der Waals surface area (Å²) in [6.45, 7) is 3.09. The fourth-order valence-electron chi connectivity index (χ4n) is 3.47. The minimum absolute atomic E-state index is 0.327. The summed E-state index contributed by atoms with van der Waals surface area (Å²) < 4.78 is 1.04. The molecule has 1 atom stereocenters. The van der Waals surface area contributed by atoms with E-state index < -0.39 is 0 Å². The minimum atomic E-state index is 0.327. The first-order valence-electron chi connectivity index (χ1n) is 7.63. The van der Waals surface area contributed by atoms with Crippen LogP contribution in [0.15, 0.2) is 29.4 Å². The van der Waals surface area contributed by atoms with Crippen LogP contribution in [0.3, 0.4) is 0 Å². The summed E-state index contributed by atoms with van der Waals surface area (Å²) in [5.41, 5.74) is 1.05. The van der Waals surface area contributed by atoms with Crippen molar-refractivity contribution in [3.63, 3.8) is 0 Å². The number of nitrogens with zero attached hydrogens (tertiary/aromatic N) is 3. The average molecular weight is 309 g/mol. The fourth-order valence-corrected chi connectivity index (χ4v) is 3.59. The quantitative estimate of drug-likeness (QED) is 0.785. The van der Waals surface area contributed by atoms with Gasteiger partial charge in [0.25, 0.3) is 0 Å². The summed E-state index contributed by atoms with van der Waals surface area (Å²) in [7, 11) is 4.47. The molecule has 0 amide bonds. The van der Waals surface area contributed by atoms with Crippen molar-refractivity contribution in [3.05, 3.63) is 34.9 Å². The van der Waals surface area contributed by atoms with Crippen molar-refractivity contribution in [2.75, 3.05) is 33.8 Å². The molecule has 5 heteroatoms. The molecule has 0 N–H and O–H groups in total. The highest BCUT2D eigenvalue weighted by Gasteiger charge is 2.41. The fraction of sp³-hybridized carbons (Fsp3) is 0.562. The Balaban J connectivity index is 1.84. The van der Waals surface area contributed by atoms with E-state index in [1.165, 1.54) is 32.4 Å². The van der Waals surface area contributed by atoms with E-state index >= 15 is 0 Å². The van der Waals surface area contributed by atoms with Gasteiger partial charge < -0.3 is 14.2 Å².